The highest BCUT2D eigenvalue weighted by Crippen LogP contribution is 2.30. The molecular formula is C20H16F6O3. The predicted octanol–water partition coefficient (Wildman–Crippen LogP) is 5.64. The molecule has 2 aromatic carbocycles. The molecule has 0 aromatic heterocycles. The number of alkyl halides is 6. The van der Waals surface area contributed by atoms with Crippen molar-refractivity contribution in [2.24, 2.45) is 0 Å². The van der Waals surface area contributed by atoms with Gasteiger partial charge in [0.15, 0.2) is 0 Å². The minimum absolute atomic E-state index is 0.201. The molecule has 0 heterocycles. The van der Waals surface area contributed by atoms with Crippen LogP contribution in [0.2, 0.25) is 0 Å². The topological polar surface area (TPSA) is 54.4 Å². The van der Waals surface area contributed by atoms with Gasteiger partial charge in [-0.15, -0.1) is 0 Å². The summed E-state index contributed by atoms with van der Waals surface area (Å²) in [5.74, 6) is -1.20. The van der Waals surface area contributed by atoms with Crippen LogP contribution in [0.25, 0.3) is 6.08 Å². The minimum Gasteiger partial charge on any atom is -0.478 e. The number of carboxylic acid groups (broad SMARTS) is 1. The molecule has 0 saturated heterocycles. The Kier molecular flexibility index (Phi) is 8.62. The minimum atomic E-state index is -4.41. The van der Waals surface area contributed by atoms with Crippen molar-refractivity contribution in [3.05, 3.63) is 76.9 Å². The first kappa shape index (κ1) is 23.9. The first-order valence-electron chi connectivity index (χ1n) is 8.11. The first-order chi connectivity index (χ1) is 13.4. The Morgan fingerprint density at radius 3 is 1.97 bits per heavy atom. The zero-order valence-electron chi connectivity index (χ0n) is 14.8. The average molecular weight is 418 g/mol. The number of rotatable bonds is 5. The zero-order valence-corrected chi connectivity index (χ0v) is 14.8. The molecule has 2 aromatic rings. The van der Waals surface area contributed by atoms with E-state index in [4.69, 9.17) is 5.11 Å². The third kappa shape index (κ3) is 9.09. The van der Waals surface area contributed by atoms with Gasteiger partial charge in [-0.05, 0) is 41.8 Å². The molecule has 0 aliphatic carbocycles. The maximum absolute atomic E-state index is 12.2. The molecule has 0 atom stereocenters. The summed E-state index contributed by atoms with van der Waals surface area (Å²) in [6.07, 6.45) is -5.52. The van der Waals surface area contributed by atoms with Crippen molar-refractivity contribution < 1.29 is 41.0 Å². The average Bonchev–Trinajstić information content (AvgIpc) is 2.64. The lowest BCUT2D eigenvalue weighted by atomic mass is 10.1. The van der Waals surface area contributed by atoms with Crippen LogP contribution in [0.15, 0.2) is 54.6 Å². The zero-order chi connectivity index (χ0) is 22.1. The molecule has 1 N–H and O–H groups in total. The van der Waals surface area contributed by atoms with Crippen molar-refractivity contribution in [2.45, 2.75) is 25.2 Å². The molecule has 0 fully saturated rings. The molecule has 3 nitrogen and oxygen atoms in total. The normalized spacial score (nSPS) is 11.7. The maximum Gasteiger partial charge on any atom is 0.416 e. The first-order valence-corrected chi connectivity index (χ1v) is 8.11. The summed E-state index contributed by atoms with van der Waals surface area (Å²) in [6, 6.07) is 9.46. The van der Waals surface area contributed by atoms with Crippen molar-refractivity contribution in [1.82, 2.24) is 0 Å². The van der Waals surface area contributed by atoms with Gasteiger partial charge < -0.3 is 9.90 Å². The summed E-state index contributed by atoms with van der Waals surface area (Å²) in [7, 11) is 0. The fourth-order valence-electron chi connectivity index (χ4n) is 2.11. The predicted molar refractivity (Wildman–Crippen MR) is 93.9 cm³/mol. The van der Waals surface area contributed by atoms with Crippen LogP contribution in [0, 0.1) is 0 Å². The van der Waals surface area contributed by atoms with Crippen LogP contribution in [0.4, 0.5) is 26.3 Å². The van der Waals surface area contributed by atoms with Gasteiger partial charge in [-0.2, -0.15) is 26.3 Å². The van der Waals surface area contributed by atoms with Gasteiger partial charge in [-0.25, -0.2) is 4.79 Å². The van der Waals surface area contributed by atoms with E-state index in [9.17, 15) is 35.9 Å². The molecule has 2 rings (SSSR count). The van der Waals surface area contributed by atoms with Crippen LogP contribution in [-0.2, 0) is 28.4 Å². The van der Waals surface area contributed by atoms with Gasteiger partial charge in [0.05, 0.1) is 11.1 Å². The Labute approximate surface area is 162 Å². The number of carbonyl (C=O) groups excluding carboxylic acids is 1. The Hall–Kier alpha value is -3.10. The molecule has 9 heteroatoms. The standard InChI is InChI=1S/C10H7F3O2.C10H9F3O/c11-10(12,13)8-3-1-2-7(6-8)4-5-9(14)15;11-10(12,13)9-5-1-3-8(7-9)4-2-6-14/h1-6H,(H,14,15);1,3,5-7H,2,4H2/b5-4+;. The molecule has 0 radical (unpaired) electrons. The van der Waals surface area contributed by atoms with Gasteiger partial charge in [0.2, 0.25) is 0 Å². The lowest BCUT2D eigenvalue weighted by Crippen LogP contribution is -2.05. The number of benzene rings is 2. The molecule has 29 heavy (non-hydrogen) atoms. The highest BCUT2D eigenvalue weighted by Gasteiger charge is 2.30. The summed E-state index contributed by atoms with van der Waals surface area (Å²) < 4.78 is 73.3. The van der Waals surface area contributed by atoms with Gasteiger partial charge in [-0.3, -0.25) is 0 Å². The summed E-state index contributed by atoms with van der Waals surface area (Å²) in [5.41, 5.74) is -0.727. The Balaban J connectivity index is 0.000000291. The molecule has 0 aliphatic rings. The van der Waals surface area contributed by atoms with Gasteiger partial charge >= 0.3 is 18.3 Å². The van der Waals surface area contributed by atoms with E-state index in [0.717, 1.165) is 36.4 Å². The lowest BCUT2D eigenvalue weighted by molar-refractivity contribution is -0.138. The fraction of sp³-hybridized carbons (Fsp3) is 0.200. The summed E-state index contributed by atoms with van der Waals surface area (Å²) in [5, 5.41) is 8.29. The van der Waals surface area contributed by atoms with E-state index in [1.54, 1.807) is 6.07 Å². The third-order valence-electron chi connectivity index (χ3n) is 3.44. The Bertz CT molecular complexity index is 854. The van der Waals surface area contributed by atoms with Crippen LogP contribution in [0.3, 0.4) is 0 Å². The largest absolute Gasteiger partial charge is 0.478 e. The van der Waals surface area contributed by atoms with E-state index in [2.05, 4.69) is 0 Å². The highest BCUT2D eigenvalue weighted by molar-refractivity contribution is 5.85. The van der Waals surface area contributed by atoms with E-state index < -0.39 is 29.4 Å². The summed E-state index contributed by atoms with van der Waals surface area (Å²) in [4.78, 5) is 20.2. The second-order valence-corrected chi connectivity index (χ2v) is 5.70. The van der Waals surface area contributed by atoms with E-state index in [0.29, 0.717) is 18.3 Å². The fourth-order valence-corrected chi connectivity index (χ4v) is 2.11. The SMILES string of the molecule is O=C(O)/C=C/c1cccc(C(F)(F)F)c1.O=CCCc1cccc(C(F)(F)F)c1. The number of aliphatic carboxylic acids is 1. The third-order valence-corrected chi connectivity index (χ3v) is 3.44. The van der Waals surface area contributed by atoms with Crippen molar-refractivity contribution in [3.63, 3.8) is 0 Å². The molecular weight excluding hydrogens is 402 g/mol. The van der Waals surface area contributed by atoms with Crippen LogP contribution >= 0.6 is 0 Å². The van der Waals surface area contributed by atoms with E-state index >= 15 is 0 Å². The summed E-state index contributed by atoms with van der Waals surface area (Å²) >= 11 is 0. The number of hydrogen-bond acceptors (Lipinski definition) is 2. The Morgan fingerprint density at radius 1 is 0.897 bits per heavy atom. The molecule has 0 bridgehead atoms. The van der Waals surface area contributed by atoms with Crippen molar-refractivity contribution in [3.8, 4) is 0 Å². The van der Waals surface area contributed by atoms with Gasteiger partial charge in [0.25, 0.3) is 0 Å². The maximum atomic E-state index is 12.2. The van der Waals surface area contributed by atoms with Crippen LogP contribution < -0.4 is 0 Å². The van der Waals surface area contributed by atoms with Gasteiger partial charge in [0.1, 0.15) is 6.29 Å². The number of carboxylic acids is 1. The van der Waals surface area contributed by atoms with Gasteiger partial charge in [0, 0.05) is 12.5 Å². The number of halogens is 6. The monoisotopic (exact) mass is 418 g/mol. The second kappa shape index (κ2) is 10.4. The molecule has 0 spiro atoms. The number of carbonyl (C=O) groups is 2. The van der Waals surface area contributed by atoms with Crippen LogP contribution in [0.5, 0.6) is 0 Å². The summed E-state index contributed by atoms with van der Waals surface area (Å²) in [6.45, 7) is 0. The lowest BCUT2D eigenvalue weighted by Gasteiger charge is -2.07. The van der Waals surface area contributed by atoms with Gasteiger partial charge in [-0.1, -0.05) is 30.3 Å². The molecule has 0 unspecified atom stereocenters. The van der Waals surface area contributed by atoms with Crippen LogP contribution in [-0.4, -0.2) is 17.4 Å². The molecule has 156 valence electrons. The molecule has 0 amide bonds. The molecule has 0 saturated carbocycles. The van der Waals surface area contributed by atoms with Crippen LogP contribution in [0.1, 0.15) is 28.7 Å². The van der Waals surface area contributed by atoms with Crippen molar-refractivity contribution in [2.75, 3.05) is 0 Å². The van der Waals surface area contributed by atoms with E-state index in [-0.39, 0.29) is 12.0 Å². The van der Waals surface area contributed by atoms with Crippen molar-refractivity contribution >= 4 is 18.3 Å². The second-order valence-electron chi connectivity index (χ2n) is 5.70. The van der Waals surface area contributed by atoms with E-state index in [1.807, 2.05) is 0 Å². The van der Waals surface area contributed by atoms with Crippen molar-refractivity contribution in [1.29, 1.82) is 0 Å². The number of aldehydes is 1. The number of aryl methyl sites for hydroxylation is 1. The van der Waals surface area contributed by atoms with E-state index in [1.165, 1.54) is 18.2 Å². The highest BCUT2D eigenvalue weighted by atomic mass is 19.4. The quantitative estimate of drug-likeness (QED) is 0.388. The Morgan fingerprint density at radius 2 is 1.45 bits per heavy atom. The smallest absolute Gasteiger partial charge is 0.416 e. The number of hydrogen-bond donors (Lipinski definition) is 1. The molecule has 0 aliphatic heterocycles.